The zero-order valence-electron chi connectivity index (χ0n) is 15.7. The van der Waals surface area contributed by atoms with Crippen LogP contribution in [0.5, 0.6) is 0 Å². The van der Waals surface area contributed by atoms with Crippen molar-refractivity contribution in [2.24, 2.45) is 4.99 Å². The summed E-state index contributed by atoms with van der Waals surface area (Å²) >= 11 is 0. The molecule has 1 atom stereocenters. The second-order valence-electron chi connectivity index (χ2n) is 6.18. The fraction of sp³-hybridized carbons (Fsp3) is 0.333. The summed E-state index contributed by atoms with van der Waals surface area (Å²) in [6, 6.07) is 18.1. The van der Waals surface area contributed by atoms with Crippen LogP contribution in [0.2, 0.25) is 0 Å². The van der Waals surface area contributed by atoms with E-state index in [0.29, 0.717) is 18.2 Å². The molecule has 2 aromatic rings. The summed E-state index contributed by atoms with van der Waals surface area (Å²) in [5.74, 6) is 0.442. The van der Waals surface area contributed by atoms with Crippen LogP contribution in [-0.2, 0) is 17.7 Å². The third kappa shape index (κ3) is 6.24. The van der Waals surface area contributed by atoms with E-state index >= 15 is 0 Å². The van der Waals surface area contributed by atoms with Gasteiger partial charge in [-0.2, -0.15) is 0 Å². The molecule has 0 radical (unpaired) electrons. The fourth-order valence-electron chi connectivity index (χ4n) is 2.59. The van der Waals surface area contributed by atoms with E-state index in [1.807, 2.05) is 18.2 Å². The molecule has 2 rings (SSSR count). The Hall–Kier alpha value is -2.82. The first kappa shape index (κ1) is 19.5. The van der Waals surface area contributed by atoms with Crippen molar-refractivity contribution in [2.75, 3.05) is 14.2 Å². The van der Waals surface area contributed by atoms with Crippen molar-refractivity contribution in [1.82, 2.24) is 10.6 Å². The lowest BCUT2D eigenvalue weighted by atomic mass is 10.1. The van der Waals surface area contributed by atoms with E-state index in [9.17, 15) is 4.79 Å². The summed E-state index contributed by atoms with van der Waals surface area (Å²) in [6.07, 6.45) is 2.06. The van der Waals surface area contributed by atoms with Crippen LogP contribution in [0.4, 0.5) is 0 Å². The molecule has 5 nitrogen and oxygen atoms in total. The molecule has 0 bridgehead atoms. The Labute approximate surface area is 155 Å². The van der Waals surface area contributed by atoms with E-state index in [2.05, 4.69) is 46.8 Å². The molecule has 5 heteroatoms. The Balaban J connectivity index is 1.79. The average molecular weight is 353 g/mol. The van der Waals surface area contributed by atoms with Gasteiger partial charge in [-0.25, -0.2) is 4.79 Å². The first-order chi connectivity index (χ1) is 12.6. The Kier molecular flexibility index (Phi) is 7.68. The van der Waals surface area contributed by atoms with Crippen LogP contribution in [0.25, 0.3) is 0 Å². The first-order valence-corrected chi connectivity index (χ1v) is 8.80. The number of hydrogen-bond donors (Lipinski definition) is 2. The van der Waals surface area contributed by atoms with Crippen molar-refractivity contribution < 1.29 is 9.53 Å². The Bertz CT molecular complexity index is 712. The first-order valence-electron chi connectivity index (χ1n) is 8.80. The van der Waals surface area contributed by atoms with Crippen LogP contribution >= 0.6 is 0 Å². The molecule has 2 N–H and O–H groups in total. The highest BCUT2D eigenvalue weighted by molar-refractivity contribution is 5.89. The highest BCUT2D eigenvalue weighted by atomic mass is 16.5. The number of methoxy groups -OCH3 is 1. The zero-order valence-corrected chi connectivity index (χ0v) is 15.7. The predicted octanol–water partition coefficient (Wildman–Crippen LogP) is 3.16. The maximum absolute atomic E-state index is 11.5. The van der Waals surface area contributed by atoms with Crippen molar-refractivity contribution in [3.05, 3.63) is 71.3 Å². The number of nitrogens with one attached hydrogen (secondary N) is 2. The minimum absolute atomic E-state index is 0.308. The van der Waals surface area contributed by atoms with Crippen LogP contribution < -0.4 is 10.6 Å². The molecule has 0 saturated heterocycles. The molecule has 0 aromatic heterocycles. The van der Waals surface area contributed by atoms with Gasteiger partial charge < -0.3 is 15.4 Å². The second-order valence-corrected chi connectivity index (χ2v) is 6.18. The van der Waals surface area contributed by atoms with E-state index < -0.39 is 0 Å². The lowest BCUT2D eigenvalue weighted by molar-refractivity contribution is 0.0600. The number of rotatable bonds is 7. The van der Waals surface area contributed by atoms with Gasteiger partial charge in [-0.3, -0.25) is 4.99 Å². The summed E-state index contributed by atoms with van der Waals surface area (Å²) in [7, 11) is 3.14. The third-order valence-electron chi connectivity index (χ3n) is 4.15. The lowest BCUT2D eigenvalue weighted by Gasteiger charge is -2.18. The fourth-order valence-corrected chi connectivity index (χ4v) is 2.59. The minimum Gasteiger partial charge on any atom is -0.465 e. The second kappa shape index (κ2) is 10.2. The number of carbonyl (C=O) groups is 1. The Morgan fingerprint density at radius 3 is 2.38 bits per heavy atom. The molecule has 0 heterocycles. The third-order valence-corrected chi connectivity index (χ3v) is 4.15. The highest BCUT2D eigenvalue weighted by Crippen LogP contribution is 2.06. The number of esters is 1. The molecule has 138 valence electrons. The van der Waals surface area contributed by atoms with Gasteiger partial charge in [0.1, 0.15) is 0 Å². The summed E-state index contributed by atoms with van der Waals surface area (Å²) < 4.78 is 4.71. The van der Waals surface area contributed by atoms with Gasteiger partial charge in [0.05, 0.1) is 12.7 Å². The van der Waals surface area contributed by atoms with Gasteiger partial charge in [-0.05, 0) is 43.0 Å². The predicted molar refractivity (Wildman–Crippen MR) is 105 cm³/mol. The van der Waals surface area contributed by atoms with Crippen LogP contribution in [0, 0.1) is 0 Å². The summed E-state index contributed by atoms with van der Waals surface area (Å²) in [5.41, 5.74) is 2.96. The van der Waals surface area contributed by atoms with Crippen molar-refractivity contribution >= 4 is 11.9 Å². The van der Waals surface area contributed by atoms with Gasteiger partial charge in [0.15, 0.2) is 5.96 Å². The van der Waals surface area contributed by atoms with E-state index in [0.717, 1.165) is 24.4 Å². The van der Waals surface area contributed by atoms with E-state index in [4.69, 9.17) is 4.74 Å². The molecule has 0 spiro atoms. The highest BCUT2D eigenvalue weighted by Gasteiger charge is 2.07. The van der Waals surface area contributed by atoms with E-state index in [1.54, 1.807) is 19.2 Å². The quantitative estimate of drug-likeness (QED) is 0.456. The minimum atomic E-state index is -0.325. The van der Waals surface area contributed by atoms with Crippen molar-refractivity contribution in [1.29, 1.82) is 0 Å². The van der Waals surface area contributed by atoms with Gasteiger partial charge in [0.25, 0.3) is 0 Å². The number of guanidine groups is 1. The number of aryl methyl sites for hydroxylation is 1. The molecule has 0 fully saturated rings. The van der Waals surface area contributed by atoms with E-state index in [-0.39, 0.29) is 5.97 Å². The van der Waals surface area contributed by atoms with Crippen LogP contribution in [0.15, 0.2) is 59.6 Å². The number of hydrogen-bond acceptors (Lipinski definition) is 3. The number of benzene rings is 2. The van der Waals surface area contributed by atoms with Crippen molar-refractivity contribution in [3.8, 4) is 0 Å². The summed E-state index contributed by atoms with van der Waals surface area (Å²) in [4.78, 5) is 15.7. The van der Waals surface area contributed by atoms with Crippen molar-refractivity contribution in [3.63, 3.8) is 0 Å². The number of nitrogens with zero attached hydrogens (tertiary/aromatic N) is 1. The van der Waals surface area contributed by atoms with Gasteiger partial charge in [0.2, 0.25) is 0 Å². The largest absolute Gasteiger partial charge is 0.465 e. The summed E-state index contributed by atoms with van der Waals surface area (Å²) in [6.45, 7) is 2.79. The van der Waals surface area contributed by atoms with Gasteiger partial charge in [0, 0.05) is 19.6 Å². The maximum atomic E-state index is 11.5. The van der Waals surface area contributed by atoms with Crippen molar-refractivity contribution in [2.45, 2.75) is 32.4 Å². The smallest absolute Gasteiger partial charge is 0.337 e. The molecular weight excluding hydrogens is 326 g/mol. The standard InChI is InChI=1S/C21H27N3O2/c1-16(9-10-17-7-5-4-6-8-17)24-21(22-2)23-15-18-11-13-19(14-12-18)20(25)26-3/h4-8,11-14,16H,9-10,15H2,1-3H3,(H2,22,23,24). The number of ether oxygens (including phenoxy) is 1. The average Bonchev–Trinajstić information content (AvgIpc) is 2.70. The van der Waals surface area contributed by atoms with Crippen LogP contribution in [0.3, 0.4) is 0 Å². The number of aliphatic imine (C=N–C) groups is 1. The normalized spacial score (nSPS) is 12.3. The lowest BCUT2D eigenvalue weighted by Crippen LogP contribution is -2.42. The Morgan fingerprint density at radius 1 is 1.08 bits per heavy atom. The molecule has 0 aliphatic carbocycles. The SMILES string of the molecule is CN=C(NCc1ccc(C(=O)OC)cc1)NC(C)CCc1ccccc1. The monoisotopic (exact) mass is 353 g/mol. The number of carbonyl (C=O) groups excluding carboxylic acids is 1. The van der Waals surface area contributed by atoms with Gasteiger partial charge in [-0.15, -0.1) is 0 Å². The molecule has 0 amide bonds. The Morgan fingerprint density at radius 2 is 1.77 bits per heavy atom. The molecular formula is C21H27N3O2. The van der Waals surface area contributed by atoms with Crippen LogP contribution in [0.1, 0.15) is 34.8 Å². The molecule has 2 aromatic carbocycles. The van der Waals surface area contributed by atoms with Gasteiger partial charge >= 0.3 is 5.97 Å². The molecule has 1 unspecified atom stereocenters. The molecule has 0 aliphatic heterocycles. The van der Waals surface area contributed by atoms with Crippen LogP contribution in [-0.4, -0.2) is 32.1 Å². The zero-order chi connectivity index (χ0) is 18.8. The topological polar surface area (TPSA) is 62.7 Å². The van der Waals surface area contributed by atoms with E-state index in [1.165, 1.54) is 12.7 Å². The van der Waals surface area contributed by atoms with Gasteiger partial charge in [-0.1, -0.05) is 42.5 Å². The molecule has 0 aliphatic rings. The molecule has 0 saturated carbocycles. The molecule has 26 heavy (non-hydrogen) atoms. The summed E-state index contributed by atoms with van der Waals surface area (Å²) in [5, 5.41) is 6.71. The maximum Gasteiger partial charge on any atom is 0.337 e.